The van der Waals surface area contributed by atoms with E-state index < -0.39 is 0 Å². The summed E-state index contributed by atoms with van der Waals surface area (Å²) in [7, 11) is 0. The van der Waals surface area contributed by atoms with Crippen molar-refractivity contribution < 1.29 is 0 Å². The van der Waals surface area contributed by atoms with Gasteiger partial charge in [-0.15, -0.1) is 11.3 Å². The zero-order chi connectivity index (χ0) is 8.97. The second-order valence-corrected chi connectivity index (χ2v) is 3.25. The Morgan fingerprint density at radius 2 is 2.08 bits per heavy atom. The molecule has 0 aliphatic carbocycles. The zero-order valence-corrected chi connectivity index (χ0v) is 8.62. The number of pyridine rings is 1. The average Bonchev–Trinajstić information content (AvgIpc) is 2.57. The molecule has 64 valence electrons. The fourth-order valence-electron chi connectivity index (χ4n) is 0.842. The molecule has 2 heterocycles. The predicted molar refractivity (Wildman–Crippen MR) is 56.0 cm³/mol. The maximum absolute atomic E-state index is 5.87. The molecule has 0 spiro atoms. The third-order valence-corrected chi connectivity index (χ3v) is 2.66. The molecule has 3 heteroatoms. The molecule has 0 radical (unpaired) electrons. The minimum Gasteiger partial charge on any atom is -0.255 e. The molecule has 0 aliphatic rings. The van der Waals surface area contributed by atoms with Gasteiger partial charge in [0.25, 0.3) is 0 Å². The number of aromatic nitrogens is 1. The zero-order valence-electron chi connectivity index (χ0n) is 7.04. The van der Waals surface area contributed by atoms with Crippen molar-refractivity contribution in [2.75, 3.05) is 0 Å². The first-order chi connectivity index (χ1) is 5.88. The fourth-order valence-corrected chi connectivity index (χ4v) is 1.88. The second-order valence-electron chi connectivity index (χ2n) is 1.93. The van der Waals surface area contributed by atoms with E-state index in [-0.39, 0.29) is 0 Å². The van der Waals surface area contributed by atoms with Gasteiger partial charge in [0.15, 0.2) is 0 Å². The van der Waals surface area contributed by atoms with Crippen LogP contribution in [0.15, 0.2) is 23.7 Å². The van der Waals surface area contributed by atoms with E-state index in [4.69, 9.17) is 11.6 Å². The van der Waals surface area contributed by atoms with Gasteiger partial charge in [-0.05, 0) is 17.5 Å². The summed E-state index contributed by atoms with van der Waals surface area (Å²) in [5.41, 5.74) is 0.984. The van der Waals surface area contributed by atoms with Crippen LogP contribution in [0.3, 0.4) is 0 Å². The van der Waals surface area contributed by atoms with Crippen LogP contribution in [-0.4, -0.2) is 4.98 Å². The highest BCUT2D eigenvalue weighted by Crippen LogP contribution is 2.25. The lowest BCUT2D eigenvalue weighted by molar-refractivity contribution is 1.43. The molecule has 0 atom stereocenters. The third-order valence-electron chi connectivity index (χ3n) is 1.30. The van der Waals surface area contributed by atoms with Crippen LogP contribution in [0.4, 0.5) is 0 Å². The van der Waals surface area contributed by atoms with Crippen molar-refractivity contribution in [1.29, 1.82) is 0 Å². The Balaban J connectivity index is 0.000000336. The molecule has 0 amide bonds. The van der Waals surface area contributed by atoms with Crippen LogP contribution >= 0.6 is 22.9 Å². The maximum atomic E-state index is 5.87. The Kier molecular flexibility index (Phi) is 3.50. The fraction of sp³-hybridized carbons (Fsp3) is 0.222. The van der Waals surface area contributed by atoms with Gasteiger partial charge in [-0.2, -0.15) is 0 Å². The summed E-state index contributed by atoms with van der Waals surface area (Å²) in [6, 6.07) is 3.77. The number of halogens is 1. The molecule has 1 nitrogen and oxygen atoms in total. The molecule has 12 heavy (non-hydrogen) atoms. The molecule has 0 saturated heterocycles. The van der Waals surface area contributed by atoms with E-state index >= 15 is 0 Å². The minimum absolute atomic E-state index is 0.792. The average molecular weight is 200 g/mol. The largest absolute Gasteiger partial charge is 0.255 e. The van der Waals surface area contributed by atoms with E-state index in [1.54, 1.807) is 23.6 Å². The number of fused-ring (bicyclic) bond motifs is 1. The van der Waals surface area contributed by atoms with E-state index in [1.165, 1.54) is 0 Å². The van der Waals surface area contributed by atoms with E-state index in [2.05, 4.69) is 4.98 Å². The summed E-state index contributed by atoms with van der Waals surface area (Å²) in [5, 5.41) is 2.78. The topological polar surface area (TPSA) is 12.9 Å². The lowest BCUT2D eigenvalue weighted by Crippen LogP contribution is -1.69. The van der Waals surface area contributed by atoms with Crippen LogP contribution < -0.4 is 0 Å². The van der Waals surface area contributed by atoms with Crippen LogP contribution in [-0.2, 0) is 0 Å². The molecular weight excluding hydrogens is 190 g/mol. The highest BCUT2D eigenvalue weighted by Gasteiger charge is 1.98. The second kappa shape index (κ2) is 4.43. The summed E-state index contributed by atoms with van der Waals surface area (Å²) in [6.45, 7) is 4.00. The molecule has 0 aromatic carbocycles. The smallest absolute Gasteiger partial charge is 0.0824 e. The number of nitrogens with zero attached hydrogens (tertiary/aromatic N) is 1. The lowest BCUT2D eigenvalue weighted by atomic mass is 10.4. The standard InChI is InChI=1S/C7H4ClNS.C2H6/c8-5-1-3-9-6-2-4-10-7(5)6;1-2/h1-4H;1-2H3. The van der Waals surface area contributed by atoms with Crippen LogP contribution in [0, 0.1) is 0 Å². The Morgan fingerprint density at radius 1 is 1.33 bits per heavy atom. The molecular formula is C9H10ClNS. The van der Waals surface area contributed by atoms with Crippen molar-refractivity contribution in [2.45, 2.75) is 13.8 Å². The highest BCUT2D eigenvalue weighted by molar-refractivity contribution is 7.17. The first-order valence-corrected chi connectivity index (χ1v) is 5.11. The van der Waals surface area contributed by atoms with Gasteiger partial charge in [0, 0.05) is 6.20 Å². The number of hydrogen-bond donors (Lipinski definition) is 0. The van der Waals surface area contributed by atoms with E-state index in [0.29, 0.717) is 0 Å². The Morgan fingerprint density at radius 3 is 2.75 bits per heavy atom. The molecule has 0 fully saturated rings. The lowest BCUT2D eigenvalue weighted by Gasteiger charge is -1.88. The summed E-state index contributed by atoms with van der Waals surface area (Å²) in [6.07, 6.45) is 1.72. The van der Waals surface area contributed by atoms with Crippen molar-refractivity contribution >= 4 is 33.2 Å². The monoisotopic (exact) mass is 199 g/mol. The molecule has 0 saturated carbocycles. The molecule has 0 N–H and O–H groups in total. The normalized spacial score (nSPS) is 9.25. The van der Waals surface area contributed by atoms with Crippen LogP contribution in [0.2, 0.25) is 5.02 Å². The number of rotatable bonds is 0. The highest BCUT2D eigenvalue weighted by atomic mass is 35.5. The Bertz CT molecular complexity index is 356. The molecule has 0 aliphatic heterocycles. The quantitative estimate of drug-likeness (QED) is 0.626. The van der Waals surface area contributed by atoms with Gasteiger partial charge in [0.05, 0.1) is 15.2 Å². The molecule has 2 rings (SSSR count). The van der Waals surface area contributed by atoms with Gasteiger partial charge in [-0.3, -0.25) is 4.98 Å². The van der Waals surface area contributed by atoms with Crippen molar-refractivity contribution in [3.63, 3.8) is 0 Å². The van der Waals surface area contributed by atoms with Crippen molar-refractivity contribution in [3.05, 3.63) is 28.7 Å². The Labute approximate surface area is 81.0 Å². The van der Waals surface area contributed by atoms with Gasteiger partial charge in [-0.25, -0.2) is 0 Å². The van der Waals surface area contributed by atoms with Crippen LogP contribution in [0.25, 0.3) is 10.2 Å². The predicted octanol–water partition coefficient (Wildman–Crippen LogP) is 3.98. The van der Waals surface area contributed by atoms with E-state index in [0.717, 1.165) is 15.2 Å². The van der Waals surface area contributed by atoms with Gasteiger partial charge >= 0.3 is 0 Å². The summed E-state index contributed by atoms with van der Waals surface area (Å²) < 4.78 is 1.07. The van der Waals surface area contributed by atoms with Crippen molar-refractivity contribution in [2.24, 2.45) is 0 Å². The van der Waals surface area contributed by atoms with Crippen LogP contribution in [0.5, 0.6) is 0 Å². The third kappa shape index (κ3) is 1.76. The molecule has 0 unspecified atom stereocenters. The Hall–Kier alpha value is -0.600. The SMILES string of the molecule is CC.Clc1ccnc2ccsc12. The summed E-state index contributed by atoms with van der Waals surface area (Å²) in [4.78, 5) is 4.13. The molecule has 2 aromatic heterocycles. The van der Waals surface area contributed by atoms with Gasteiger partial charge < -0.3 is 0 Å². The van der Waals surface area contributed by atoms with Crippen molar-refractivity contribution in [3.8, 4) is 0 Å². The first kappa shape index (κ1) is 9.49. The molecule has 2 aromatic rings. The van der Waals surface area contributed by atoms with Crippen LogP contribution in [0.1, 0.15) is 13.8 Å². The molecule has 0 bridgehead atoms. The van der Waals surface area contributed by atoms with Gasteiger partial charge in [-0.1, -0.05) is 25.4 Å². The van der Waals surface area contributed by atoms with E-state index in [1.807, 2.05) is 25.3 Å². The number of hydrogen-bond acceptors (Lipinski definition) is 2. The van der Waals surface area contributed by atoms with Crippen molar-refractivity contribution in [1.82, 2.24) is 4.98 Å². The summed E-state index contributed by atoms with van der Waals surface area (Å²) >= 11 is 7.49. The maximum Gasteiger partial charge on any atom is 0.0824 e. The first-order valence-electron chi connectivity index (χ1n) is 3.85. The minimum atomic E-state index is 0.792. The number of thiophene rings is 1. The van der Waals surface area contributed by atoms with Gasteiger partial charge in [0.1, 0.15) is 0 Å². The van der Waals surface area contributed by atoms with E-state index in [9.17, 15) is 0 Å². The van der Waals surface area contributed by atoms with Gasteiger partial charge in [0.2, 0.25) is 0 Å². The summed E-state index contributed by atoms with van der Waals surface area (Å²) in [5.74, 6) is 0.